The van der Waals surface area contributed by atoms with Gasteiger partial charge >= 0.3 is 0 Å². The maximum absolute atomic E-state index is 5.51. The summed E-state index contributed by atoms with van der Waals surface area (Å²) in [5, 5.41) is 0. The van der Waals surface area contributed by atoms with Crippen LogP contribution in [0.3, 0.4) is 0 Å². The average molecular weight is 237 g/mol. The fourth-order valence-electron chi connectivity index (χ4n) is 1.67. The van der Waals surface area contributed by atoms with E-state index in [2.05, 4.69) is 28.9 Å². The minimum absolute atomic E-state index is 0.670. The van der Waals surface area contributed by atoms with E-state index in [4.69, 9.17) is 10.5 Å². The molecule has 0 saturated carbocycles. The number of nitrogens with zero attached hydrogens (tertiary/aromatic N) is 2. The van der Waals surface area contributed by atoms with Crippen molar-refractivity contribution in [3.8, 4) is 0 Å². The van der Waals surface area contributed by atoms with Crippen LogP contribution in [0.25, 0.3) is 0 Å². The number of hydrogen-bond donors (Lipinski definition) is 1. The molecule has 4 nitrogen and oxygen atoms in total. The van der Waals surface area contributed by atoms with Gasteiger partial charge in [0, 0.05) is 25.9 Å². The van der Waals surface area contributed by atoms with Gasteiger partial charge < -0.3 is 15.4 Å². The molecule has 0 bridgehead atoms. The summed E-state index contributed by atoms with van der Waals surface area (Å²) in [7, 11) is 0. The molecule has 0 aliphatic rings. The average Bonchev–Trinajstić information content (AvgIpc) is 2.36. The van der Waals surface area contributed by atoms with Gasteiger partial charge in [0.25, 0.3) is 0 Å². The van der Waals surface area contributed by atoms with Crippen LogP contribution >= 0.6 is 0 Å². The van der Waals surface area contributed by atoms with Crippen LogP contribution < -0.4 is 10.6 Å². The summed E-state index contributed by atoms with van der Waals surface area (Å²) in [6.07, 6.45) is 2.80. The highest BCUT2D eigenvalue weighted by atomic mass is 16.5. The first-order valence-corrected chi connectivity index (χ1v) is 6.29. The first kappa shape index (κ1) is 13.9. The van der Waals surface area contributed by atoms with Crippen molar-refractivity contribution >= 4 is 5.82 Å². The Morgan fingerprint density at radius 2 is 2.18 bits per heavy atom. The van der Waals surface area contributed by atoms with Gasteiger partial charge in [-0.25, -0.2) is 4.98 Å². The zero-order valence-electron chi connectivity index (χ0n) is 10.9. The van der Waals surface area contributed by atoms with E-state index in [1.807, 2.05) is 13.1 Å². The normalized spacial score (nSPS) is 10.5. The fourth-order valence-corrected chi connectivity index (χ4v) is 1.67. The van der Waals surface area contributed by atoms with Gasteiger partial charge in [-0.3, -0.25) is 0 Å². The monoisotopic (exact) mass is 237 g/mol. The zero-order valence-corrected chi connectivity index (χ0v) is 10.9. The summed E-state index contributed by atoms with van der Waals surface area (Å²) >= 11 is 0. The number of hydrogen-bond acceptors (Lipinski definition) is 4. The summed E-state index contributed by atoms with van der Waals surface area (Å²) in [4.78, 5) is 6.67. The second-order valence-electron chi connectivity index (χ2n) is 3.84. The Hall–Kier alpha value is -1.13. The van der Waals surface area contributed by atoms with E-state index in [0.29, 0.717) is 6.54 Å². The molecular formula is C13H23N3O. The van der Waals surface area contributed by atoms with Crippen LogP contribution in [0.5, 0.6) is 0 Å². The number of ether oxygens (including phenoxy) is 1. The molecule has 4 heteroatoms. The lowest BCUT2D eigenvalue weighted by Gasteiger charge is -2.21. The largest absolute Gasteiger partial charge is 0.380 e. The number of aromatic nitrogens is 1. The smallest absolute Gasteiger partial charge is 0.128 e. The molecule has 0 saturated heterocycles. The van der Waals surface area contributed by atoms with Crippen molar-refractivity contribution in [3.63, 3.8) is 0 Å². The highest BCUT2D eigenvalue weighted by Gasteiger charge is 2.05. The van der Waals surface area contributed by atoms with Crippen molar-refractivity contribution < 1.29 is 4.74 Å². The molecule has 1 heterocycles. The molecule has 2 N–H and O–H groups in total. The van der Waals surface area contributed by atoms with E-state index in [-0.39, 0.29) is 0 Å². The molecule has 0 spiro atoms. The minimum atomic E-state index is 0.670. The van der Waals surface area contributed by atoms with Gasteiger partial charge in [0.1, 0.15) is 5.82 Å². The maximum atomic E-state index is 5.51. The van der Waals surface area contributed by atoms with Gasteiger partial charge in [-0.1, -0.05) is 6.07 Å². The van der Waals surface area contributed by atoms with E-state index in [9.17, 15) is 0 Å². The van der Waals surface area contributed by atoms with E-state index in [1.54, 1.807) is 0 Å². The fraction of sp³-hybridized carbons (Fsp3) is 0.615. The number of nitrogens with two attached hydrogens (primary N) is 1. The molecule has 0 aliphatic heterocycles. The van der Waals surface area contributed by atoms with Gasteiger partial charge in [-0.15, -0.1) is 0 Å². The number of likely N-dealkylation sites (N-methyl/N-ethyl adjacent to an activating group) is 1. The lowest BCUT2D eigenvalue weighted by molar-refractivity contribution is 0.154. The molecule has 1 aromatic rings. The molecule has 0 radical (unpaired) electrons. The second-order valence-corrected chi connectivity index (χ2v) is 3.84. The van der Waals surface area contributed by atoms with Gasteiger partial charge in [-0.05, 0) is 38.4 Å². The van der Waals surface area contributed by atoms with Crippen molar-refractivity contribution in [2.24, 2.45) is 5.73 Å². The number of anilines is 1. The molecule has 0 atom stereocenters. The molecule has 0 amide bonds. The summed E-state index contributed by atoms with van der Waals surface area (Å²) in [5.41, 5.74) is 6.70. The molecule has 0 aliphatic carbocycles. The molecule has 1 aromatic heterocycles. The molecule has 1 rings (SSSR count). The third-order valence-corrected chi connectivity index (χ3v) is 2.66. The number of pyridine rings is 1. The van der Waals surface area contributed by atoms with Crippen molar-refractivity contribution in [2.75, 3.05) is 37.7 Å². The van der Waals surface area contributed by atoms with Crippen molar-refractivity contribution in [3.05, 3.63) is 23.9 Å². The Morgan fingerprint density at radius 3 is 2.71 bits per heavy atom. The third-order valence-electron chi connectivity index (χ3n) is 2.66. The predicted molar refractivity (Wildman–Crippen MR) is 71.4 cm³/mol. The maximum Gasteiger partial charge on any atom is 0.128 e. The summed E-state index contributed by atoms with van der Waals surface area (Å²) in [6.45, 7) is 8.14. The highest BCUT2D eigenvalue weighted by molar-refractivity contribution is 5.39. The Balaban J connectivity index is 2.55. The standard InChI is InChI=1S/C13H23N3O/c1-3-16(9-10-17-4-2)13-6-5-12(7-8-14)11-15-13/h5-6,11H,3-4,7-10,14H2,1-2H3. The molecule has 0 fully saturated rings. The number of rotatable bonds is 8. The van der Waals surface area contributed by atoms with Crippen LogP contribution in [0.1, 0.15) is 19.4 Å². The molecular weight excluding hydrogens is 214 g/mol. The van der Waals surface area contributed by atoms with Gasteiger partial charge in [0.05, 0.1) is 6.61 Å². The highest BCUT2D eigenvalue weighted by Crippen LogP contribution is 2.11. The lowest BCUT2D eigenvalue weighted by atomic mass is 10.2. The SMILES string of the molecule is CCOCCN(CC)c1ccc(CCN)cn1. The van der Waals surface area contributed by atoms with Crippen molar-refractivity contribution in [1.29, 1.82) is 0 Å². The van der Waals surface area contributed by atoms with E-state index >= 15 is 0 Å². The predicted octanol–water partition coefficient (Wildman–Crippen LogP) is 1.45. The van der Waals surface area contributed by atoms with Gasteiger partial charge in [0.2, 0.25) is 0 Å². The van der Waals surface area contributed by atoms with Crippen LogP contribution in [0, 0.1) is 0 Å². The van der Waals surface area contributed by atoms with Crippen LogP contribution in [0.4, 0.5) is 5.82 Å². The summed E-state index contributed by atoms with van der Waals surface area (Å²) < 4.78 is 5.36. The summed E-state index contributed by atoms with van der Waals surface area (Å²) in [6, 6.07) is 4.15. The Kier molecular flexibility index (Phi) is 6.58. The van der Waals surface area contributed by atoms with E-state index in [0.717, 1.165) is 38.5 Å². The minimum Gasteiger partial charge on any atom is -0.380 e. The third kappa shape index (κ3) is 4.71. The molecule has 0 unspecified atom stereocenters. The van der Waals surface area contributed by atoms with Crippen LogP contribution in [0.2, 0.25) is 0 Å². The topological polar surface area (TPSA) is 51.4 Å². The quantitative estimate of drug-likeness (QED) is 0.695. The Morgan fingerprint density at radius 1 is 1.35 bits per heavy atom. The van der Waals surface area contributed by atoms with E-state index < -0.39 is 0 Å². The Labute approximate surface area is 104 Å². The molecule has 0 aromatic carbocycles. The summed E-state index contributed by atoms with van der Waals surface area (Å²) in [5.74, 6) is 1.01. The Bertz CT molecular complexity index is 300. The zero-order chi connectivity index (χ0) is 12.5. The van der Waals surface area contributed by atoms with Crippen LogP contribution in [-0.2, 0) is 11.2 Å². The molecule has 17 heavy (non-hydrogen) atoms. The lowest BCUT2D eigenvalue weighted by Crippen LogP contribution is -2.28. The first-order valence-electron chi connectivity index (χ1n) is 6.29. The van der Waals surface area contributed by atoms with Crippen LogP contribution in [0.15, 0.2) is 18.3 Å². The van der Waals surface area contributed by atoms with E-state index in [1.165, 1.54) is 5.56 Å². The first-order chi connectivity index (χ1) is 8.31. The van der Waals surface area contributed by atoms with Crippen molar-refractivity contribution in [1.82, 2.24) is 4.98 Å². The van der Waals surface area contributed by atoms with Crippen LogP contribution in [-0.4, -0.2) is 37.8 Å². The second kappa shape index (κ2) is 8.03. The molecule has 96 valence electrons. The van der Waals surface area contributed by atoms with Gasteiger partial charge in [0.15, 0.2) is 0 Å². The van der Waals surface area contributed by atoms with Crippen molar-refractivity contribution in [2.45, 2.75) is 20.3 Å². The van der Waals surface area contributed by atoms with Gasteiger partial charge in [-0.2, -0.15) is 0 Å².